The van der Waals surface area contributed by atoms with Crippen LogP contribution in [0, 0.1) is 5.92 Å². The zero-order valence-corrected chi connectivity index (χ0v) is 14.5. The van der Waals surface area contributed by atoms with Crippen molar-refractivity contribution < 1.29 is 14.3 Å². The maximum Gasteiger partial charge on any atom is 0.303 e. The highest BCUT2D eigenvalue weighted by molar-refractivity contribution is 5.76. The number of esters is 1. The monoisotopic (exact) mass is 319 g/mol. The van der Waals surface area contributed by atoms with Crippen molar-refractivity contribution in [3.8, 4) is 0 Å². The molecule has 0 aromatic rings. The Hall–Kier alpha value is -1.84. The average Bonchev–Trinajstić information content (AvgIpc) is 2.47. The van der Waals surface area contributed by atoms with Crippen molar-refractivity contribution in [1.82, 2.24) is 5.32 Å². The summed E-state index contributed by atoms with van der Waals surface area (Å²) in [7, 11) is 0. The molecule has 1 aliphatic heterocycles. The molecule has 1 rings (SSSR count). The first-order chi connectivity index (χ1) is 10.9. The van der Waals surface area contributed by atoms with E-state index in [2.05, 4.69) is 18.8 Å². The second-order valence-electron chi connectivity index (χ2n) is 6.18. The Morgan fingerprint density at radius 2 is 2.04 bits per heavy atom. The van der Waals surface area contributed by atoms with E-state index in [0.717, 1.165) is 31.3 Å². The lowest BCUT2D eigenvalue weighted by atomic mass is 9.93. The van der Waals surface area contributed by atoms with E-state index in [4.69, 9.17) is 4.74 Å². The molecule has 0 spiro atoms. The number of amides is 1. The number of nitrogens with one attached hydrogen (secondary N) is 1. The summed E-state index contributed by atoms with van der Waals surface area (Å²) in [4.78, 5) is 23.4. The highest BCUT2D eigenvalue weighted by Crippen LogP contribution is 2.18. The van der Waals surface area contributed by atoms with Gasteiger partial charge in [0.25, 0.3) is 0 Å². The first-order valence-corrected chi connectivity index (χ1v) is 8.38. The molecular weight excluding hydrogens is 290 g/mol. The van der Waals surface area contributed by atoms with E-state index in [1.165, 1.54) is 6.92 Å². The van der Waals surface area contributed by atoms with Crippen LogP contribution in [0.2, 0.25) is 0 Å². The molecule has 1 heterocycles. The Labute approximate surface area is 139 Å². The van der Waals surface area contributed by atoms with E-state index in [0.29, 0.717) is 6.42 Å². The van der Waals surface area contributed by atoms with Crippen molar-refractivity contribution in [2.75, 3.05) is 0 Å². The average molecular weight is 319 g/mol. The quantitative estimate of drug-likeness (QED) is 0.490. The van der Waals surface area contributed by atoms with Crippen LogP contribution in [0.1, 0.15) is 52.9 Å². The van der Waals surface area contributed by atoms with Gasteiger partial charge in [-0.1, -0.05) is 43.7 Å². The molecule has 128 valence electrons. The molecule has 0 radical (unpaired) electrons. The topological polar surface area (TPSA) is 55.4 Å². The lowest BCUT2D eigenvalue weighted by molar-refractivity contribution is -0.144. The molecule has 1 N–H and O–H groups in total. The molecule has 4 nitrogen and oxygen atoms in total. The molecule has 3 atom stereocenters. The van der Waals surface area contributed by atoms with Gasteiger partial charge in [0.05, 0.1) is 6.04 Å². The van der Waals surface area contributed by atoms with Gasteiger partial charge in [-0.15, -0.1) is 0 Å². The molecule has 0 aromatic heterocycles. The first-order valence-electron chi connectivity index (χ1n) is 8.38. The molecule has 0 aromatic carbocycles. The Bertz CT molecular complexity index is 479. The smallest absolute Gasteiger partial charge is 0.303 e. The van der Waals surface area contributed by atoms with E-state index in [-0.39, 0.29) is 29.9 Å². The zero-order valence-electron chi connectivity index (χ0n) is 14.5. The van der Waals surface area contributed by atoms with Crippen molar-refractivity contribution in [2.45, 2.75) is 65.0 Å². The maximum atomic E-state index is 12.1. The van der Waals surface area contributed by atoms with Crippen LogP contribution in [-0.2, 0) is 14.3 Å². The van der Waals surface area contributed by atoms with E-state index < -0.39 is 0 Å². The fourth-order valence-corrected chi connectivity index (χ4v) is 2.82. The van der Waals surface area contributed by atoms with Gasteiger partial charge in [0, 0.05) is 13.3 Å². The maximum absolute atomic E-state index is 12.1. The number of hydrogen-bond donors (Lipinski definition) is 1. The second-order valence-corrected chi connectivity index (χ2v) is 6.18. The van der Waals surface area contributed by atoms with Gasteiger partial charge in [-0.3, -0.25) is 9.59 Å². The molecule has 0 saturated heterocycles. The predicted octanol–water partition coefficient (Wildman–Crippen LogP) is 3.69. The lowest BCUT2D eigenvalue weighted by Crippen LogP contribution is -2.39. The summed E-state index contributed by atoms with van der Waals surface area (Å²) in [6.07, 6.45) is 11.5. The Balaban J connectivity index is 2.96. The Morgan fingerprint density at radius 1 is 1.30 bits per heavy atom. The van der Waals surface area contributed by atoms with Crippen LogP contribution in [0.4, 0.5) is 0 Å². The van der Waals surface area contributed by atoms with Crippen molar-refractivity contribution in [2.24, 2.45) is 5.92 Å². The second kappa shape index (κ2) is 10.0. The number of ether oxygens (including phenoxy) is 1. The third kappa shape index (κ3) is 7.31. The molecule has 1 unspecified atom stereocenters. The van der Waals surface area contributed by atoms with E-state index in [1.807, 2.05) is 25.2 Å². The molecule has 23 heavy (non-hydrogen) atoms. The molecule has 1 amide bonds. The van der Waals surface area contributed by atoms with Crippen LogP contribution in [0.25, 0.3) is 0 Å². The number of hydrogen-bond acceptors (Lipinski definition) is 3. The van der Waals surface area contributed by atoms with Gasteiger partial charge in [-0.2, -0.15) is 0 Å². The Morgan fingerprint density at radius 3 is 2.70 bits per heavy atom. The summed E-state index contributed by atoms with van der Waals surface area (Å²) in [5, 5.41) is 3.11. The van der Waals surface area contributed by atoms with E-state index in [1.54, 1.807) is 6.08 Å². The highest BCUT2D eigenvalue weighted by atomic mass is 16.5. The van der Waals surface area contributed by atoms with Crippen molar-refractivity contribution >= 4 is 11.9 Å². The normalized spacial score (nSPS) is 27.3. The number of carbonyl (C=O) groups is 2. The highest BCUT2D eigenvalue weighted by Gasteiger charge is 2.20. The molecular formula is C19H29NO3. The number of carbonyl (C=O) groups excluding carboxylic acids is 2. The lowest BCUT2D eigenvalue weighted by Gasteiger charge is -2.25. The molecule has 0 aliphatic carbocycles. The van der Waals surface area contributed by atoms with Gasteiger partial charge < -0.3 is 10.1 Å². The number of rotatable bonds is 3. The molecule has 4 heteroatoms. The van der Waals surface area contributed by atoms with Gasteiger partial charge in [0.1, 0.15) is 6.10 Å². The molecule has 0 saturated carbocycles. The zero-order chi connectivity index (χ0) is 17.2. The summed E-state index contributed by atoms with van der Waals surface area (Å²) in [6.45, 7) is 9.21. The van der Waals surface area contributed by atoms with Crippen LogP contribution in [0.3, 0.4) is 0 Å². The van der Waals surface area contributed by atoms with Gasteiger partial charge in [-0.25, -0.2) is 0 Å². The summed E-state index contributed by atoms with van der Waals surface area (Å²) >= 11 is 0. The third-order valence-electron chi connectivity index (χ3n) is 4.05. The third-order valence-corrected chi connectivity index (χ3v) is 4.05. The summed E-state index contributed by atoms with van der Waals surface area (Å²) in [5.74, 6) is -0.0659. The SMILES string of the molecule is C=CC=C(C)[C@H]1NC(=O)CCCCCC(OC(C)=O)C=C[C@@H]1C. The molecule has 0 bridgehead atoms. The standard InChI is InChI=1S/C19H29NO3/c1-5-9-14(2)19-15(3)12-13-17(23-16(4)21)10-7-6-8-11-18(22)20-19/h5,9,12-13,15,17,19H,1,6-8,10-11H2,2-4H3,(H,20,22)/t15-,17?,19+/m0/s1. The van der Waals surface area contributed by atoms with Crippen molar-refractivity contribution in [3.63, 3.8) is 0 Å². The predicted molar refractivity (Wildman–Crippen MR) is 92.8 cm³/mol. The van der Waals surface area contributed by atoms with Crippen LogP contribution < -0.4 is 5.32 Å². The minimum Gasteiger partial charge on any atom is -0.458 e. The molecule has 0 fully saturated rings. The van der Waals surface area contributed by atoms with Crippen LogP contribution >= 0.6 is 0 Å². The van der Waals surface area contributed by atoms with Gasteiger partial charge in [0.2, 0.25) is 5.91 Å². The van der Waals surface area contributed by atoms with E-state index >= 15 is 0 Å². The van der Waals surface area contributed by atoms with Crippen LogP contribution in [0.15, 0.2) is 36.5 Å². The summed E-state index contributed by atoms with van der Waals surface area (Å²) in [5.41, 5.74) is 1.06. The molecule has 1 aliphatic rings. The minimum atomic E-state index is -0.257. The fourth-order valence-electron chi connectivity index (χ4n) is 2.82. The fraction of sp³-hybridized carbons (Fsp3) is 0.579. The summed E-state index contributed by atoms with van der Waals surface area (Å²) in [6, 6.07) is -0.0749. The largest absolute Gasteiger partial charge is 0.458 e. The van der Waals surface area contributed by atoms with Gasteiger partial charge in [0.15, 0.2) is 0 Å². The van der Waals surface area contributed by atoms with Gasteiger partial charge in [-0.05, 0) is 38.2 Å². The van der Waals surface area contributed by atoms with Crippen LogP contribution in [-0.4, -0.2) is 24.0 Å². The number of allylic oxidation sites excluding steroid dienone is 2. The Kier molecular flexibility index (Phi) is 8.38. The summed E-state index contributed by atoms with van der Waals surface area (Å²) < 4.78 is 5.36. The van der Waals surface area contributed by atoms with Crippen molar-refractivity contribution in [3.05, 3.63) is 36.5 Å². The van der Waals surface area contributed by atoms with Crippen molar-refractivity contribution in [1.29, 1.82) is 0 Å². The van der Waals surface area contributed by atoms with Gasteiger partial charge >= 0.3 is 5.97 Å². The first kappa shape index (κ1) is 19.2. The minimum absolute atomic E-state index is 0.0749. The van der Waals surface area contributed by atoms with Crippen LogP contribution in [0.5, 0.6) is 0 Å². The van der Waals surface area contributed by atoms with E-state index in [9.17, 15) is 9.59 Å².